The predicted octanol–water partition coefficient (Wildman–Crippen LogP) is 2.33. The summed E-state index contributed by atoms with van der Waals surface area (Å²) in [4.78, 5) is 13.8. The second-order valence-electron chi connectivity index (χ2n) is 7.12. The summed E-state index contributed by atoms with van der Waals surface area (Å²) in [7, 11) is 0.0250. The molecule has 0 aromatic carbocycles. The van der Waals surface area contributed by atoms with Crippen molar-refractivity contribution in [3.63, 3.8) is 0 Å². The fourth-order valence-corrected chi connectivity index (χ4v) is 5.43. The molecule has 2 aliphatic rings. The van der Waals surface area contributed by atoms with Crippen LogP contribution in [0.15, 0.2) is 18.6 Å². The number of H-pyrrole nitrogens is 1. The summed E-state index contributed by atoms with van der Waals surface area (Å²) in [6.07, 6.45) is 0.713. The number of aromatic nitrogens is 3. The van der Waals surface area contributed by atoms with Gasteiger partial charge in [-0.2, -0.15) is 13.2 Å². The highest BCUT2D eigenvalue weighted by Gasteiger charge is 2.45. The van der Waals surface area contributed by atoms with E-state index < -0.39 is 22.9 Å². The third kappa shape index (κ3) is 3.32. The quantitative estimate of drug-likeness (QED) is 0.875. The van der Waals surface area contributed by atoms with Crippen LogP contribution in [0.2, 0.25) is 0 Å². The largest absolute Gasteiger partial charge is 0.401 e. The Labute approximate surface area is 151 Å². The highest BCUT2D eigenvalue weighted by atomic mass is 32.2. The van der Waals surface area contributed by atoms with E-state index in [1.54, 1.807) is 0 Å². The Morgan fingerprint density at radius 3 is 2.65 bits per heavy atom. The number of nitrogens with one attached hydrogen (secondary N) is 1. The molecule has 0 amide bonds. The maximum atomic E-state index is 12.5. The lowest BCUT2D eigenvalue weighted by Gasteiger charge is -2.27. The van der Waals surface area contributed by atoms with E-state index in [0.29, 0.717) is 13.1 Å². The van der Waals surface area contributed by atoms with Crippen LogP contribution in [-0.4, -0.2) is 61.6 Å². The molecule has 0 radical (unpaired) electrons. The van der Waals surface area contributed by atoms with Gasteiger partial charge in [0, 0.05) is 32.4 Å². The number of fused-ring (bicyclic) bond motifs is 2. The molecule has 4 rings (SSSR count). The van der Waals surface area contributed by atoms with Gasteiger partial charge in [-0.05, 0) is 30.7 Å². The van der Waals surface area contributed by atoms with E-state index in [9.17, 15) is 17.4 Å². The van der Waals surface area contributed by atoms with Crippen LogP contribution < -0.4 is 4.90 Å². The fourth-order valence-electron chi connectivity index (χ4n) is 4.25. The van der Waals surface area contributed by atoms with Crippen molar-refractivity contribution in [3.05, 3.63) is 18.6 Å². The standard InChI is InChI=1S/C16H20F3N5OS/c1-23(15-13-2-3-20-14(13)21-9-22-15)12-4-10-6-24(7-11(10)5-12)26(25)8-16(17,18)19/h2-3,9-12H,4-8H2,1H3,(H,20,21,22)/t10-,11?,12?,26?/m0/s1. The first-order valence-electron chi connectivity index (χ1n) is 8.53. The molecule has 2 aromatic rings. The van der Waals surface area contributed by atoms with Gasteiger partial charge < -0.3 is 9.88 Å². The van der Waals surface area contributed by atoms with Gasteiger partial charge in [-0.25, -0.2) is 18.5 Å². The van der Waals surface area contributed by atoms with Gasteiger partial charge in [0.05, 0.1) is 5.39 Å². The molecule has 1 aliphatic carbocycles. The summed E-state index contributed by atoms with van der Waals surface area (Å²) in [5.74, 6) is 0.174. The minimum atomic E-state index is -4.39. The number of anilines is 1. The fraction of sp³-hybridized carbons (Fsp3) is 0.625. The minimum absolute atomic E-state index is 0.274. The van der Waals surface area contributed by atoms with Crippen molar-refractivity contribution in [2.45, 2.75) is 25.1 Å². The number of rotatable bonds is 4. The summed E-state index contributed by atoms with van der Waals surface area (Å²) in [6, 6.07) is 2.22. The first-order chi connectivity index (χ1) is 12.3. The topological polar surface area (TPSA) is 65.1 Å². The van der Waals surface area contributed by atoms with Crippen LogP contribution in [0.3, 0.4) is 0 Å². The number of aromatic amines is 1. The van der Waals surface area contributed by atoms with Gasteiger partial charge >= 0.3 is 6.18 Å². The van der Waals surface area contributed by atoms with Crippen molar-refractivity contribution in [1.82, 2.24) is 19.3 Å². The minimum Gasteiger partial charge on any atom is -0.356 e. The van der Waals surface area contributed by atoms with E-state index in [1.165, 1.54) is 10.6 Å². The number of halogens is 3. The highest BCUT2D eigenvalue weighted by Crippen LogP contribution is 2.42. The third-order valence-corrected chi connectivity index (χ3v) is 6.93. The second-order valence-corrected chi connectivity index (χ2v) is 8.57. The lowest BCUT2D eigenvalue weighted by Crippen LogP contribution is -2.35. The molecule has 0 bridgehead atoms. The number of hydrogen-bond donors (Lipinski definition) is 1. The number of nitrogens with zero attached hydrogens (tertiary/aromatic N) is 4. The van der Waals surface area contributed by atoms with Crippen LogP contribution in [0.1, 0.15) is 12.8 Å². The maximum Gasteiger partial charge on any atom is 0.401 e. The van der Waals surface area contributed by atoms with Crippen molar-refractivity contribution >= 4 is 27.8 Å². The van der Waals surface area contributed by atoms with Gasteiger partial charge in [0.2, 0.25) is 0 Å². The van der Waals surface area contributed by atoms with Gasteiger partial charge in [0.15, 0.2) is 0 Å². The van der Waals surface area contributed by atoms with Crippen LogP contribution in [0.5, 0.6) is 0 Å². The number of alkyl halides is 3. The normalized spacial score (nSPS) is 27.8. The van der Waals surface area contributed by atoms with E-state index in [2.05, 4.69) is 19.9 Å². The van der Waals surface area contributed by atoms with Crippen molar-refractivity contribution in [2.75, 3.05) is 30.8 Å². The Morgan fingerprint density at radius 2 is 2.00 bits per heavy atom. The molecule has 1 aliphatic heterocycles. The first-order valence-corrected chi connectivity index (χ1v) is 9.80. The van der Waals surface area contributed by atoms with Gasteiger partial charge in [-0.3, -0.25) is 0 Å². The molecule has 1 saturated carbocycles. The van der Waals surface area contributed by atoms with Gasteiger partial charge in [-0.15, -0.1) is 0 Å². The Morgan fingerprint density at radius 1 is 1.31 bits per heavy atom. The summed E-state index contributed by atoms with van der Waals surface area (Å²) < 4.78 is 50.8. The van der Waals surface area contributed by atoms with E-state index in [1.807, 2.05) is 19.3 Å². The summed E-state index contributed by atoms with van der Waals surface area (Å²) in [5.41, 5.74) is 0.786. The molecule has 6 nitrogen and oxygen atoms in total. The monoisotopic (exact) mass is 387 g/mol. The van der Waals surface area contributed by atoms with E-state index in [4.69, 9.17) is 0 Å². The zero-order valence-corrected chi connectivity index (χ0v) is 15.1. The second kappa shape index (κ2) is 6.49. The van der Waals surface area contributed by atoms with Gasteiger partial charge in [-0.1, -0.05) is 0 Å². The Hall–Kier alpha value is -1.68. The van der Waals surface area contributed by atoms with Crippen LogP contribution in [0.4, 0.5) is 19.0 Å². The van der Waals surface area contributed by atoms with Gasteiger partial charge in [0.1, 0.15) is 34.5 Å². The zero-order valence-electron chi connectivity index (χ0n) is 14.2. The summed E-state index contributed by atoms with van der Waals surface area (Å²) in [5, 5.41) is 0.958. The predicted molar refractivity (Wildman–Crippen MR) is 92.9 cm³/mol. The third-order valence-electron chi connectivity index (χ3n) is 5.48. The lowest BCUT2D eigenvalue weighted by molar-refractivity contribution is -0.106. The van der Waals surface area contributed by atoms with Gasteiger partial charge in [0.25, 0.3) is 0 Å². The maximum absolute atomic E-state index is 12.5. The molecule has 0 spiro atoms. The number of hydrogen-bond acceptors (Lipinski definition) is 4. The molecule has 4 atom stereocenters. The van der Waals surface area contributed by atoms with Crippen molar-refractivity contribution in [2.24, 2.45) is 11.8 Å². The molecule has 2 fully saturated rings. The molecule has 1 N–H and O–H groups in total. The molecular weight excluding hydrogens is 367 g/mol. The van der Waals surface area contributed by atoms with Crippen LogP contribution in [0.25, 0.3) is 11.0 Å². The molecule has 2 aromatic heterocycles. The van der Waals surface area contributed by atoms with E-state index in [-0.39, 0.29) is 17.9 Å². The van der Waals surface area contributed by atoms with Crippen LogP contribution in [-0.2, 0) is 11.0 Å². The highest BCUT2D eigenvalue weighted by molar-refractivity contribution is 7.82. The molecule has 3 unspecified atom stereocenters. The van der Waals surface area contributed by atoms with Crippen molar-refractivity contribution in [3.8, 4) is 0 Å². The van der Waals surface area contributed by atoms with E-state index in [0.717, 1.165) is 29.7 Å². The molecule has 10 heteroatoms. The molecular formula is C16H20F3N5OS. The van der Waals surface area contributed by atoms with Crippen LogP contribution in [0, 0.1) is 11.8 Å². The summed E-state index contributed by atoms with van der Waals surface area (Å²) >= 11 is 0. The zero-order chi connectivity index (χ0) is 18.5. The molecule has 1 saturated heterocycles. The average molecular weight is 387 g/mol. The lowest BCUT2D eigenvalue weighted by atomic mass is 10.0. The van der Waals surface area contributed by atoms with E-state index >= 15 is 0 Å². The Bertz CT molecular complexity index is 812. The van der Waals surface area contributed by atoms with Crippen molar-refractivity contribution in [1.29, 1.82) is 0 Å². The summed E-state index contributed by atoms with van der Waals surface area (Å²) in [6.45, 7) is 0.947. The first kappa shape index (κ1) is 17.7. The molecule has 142 valence electrons. The molecule has 26 heavy (non-hydrogen) atoms. The Kier molecular flexibility index (Phi) is 4.42. The smallest absolute Gasteiger partial charge is 0.356 e. The molecule has 3 heterocycles. The SMILES string of the molecule is CN(c1ncnc2[nH]ccc12)C1CC2CN(S(=O)CC(F)(F)F)C[C@@H]2C1. The average Bonchev–Trinajstić information content (AvgIpc) is 3.25. The van der Waals surface area contributed by atoms with Crippen LogP contribution >= 0.6 is 0 Å². The van der Waals surface area contributed by atoms with Crippen molar-refractivity contribution < 1.29 is 17.4 Å². The Balaban J connectivity index is 1.42.